The van der Waals surface area contributed by atoms with Crippen LogP contribution in [0.3, 0.4) is 0 Å². The molecule has 0 spiro atoms. The molecule has 2 fully saturated rings. The number of ether oxygens (including phenoxy) is 3. The first-order valence-electron chi connectivity index (χ1n) is 7.97. The normalized spacial score (nSPS) is 22.7. The number of carbonyl (C=O) groups is 2. The Morgan fingerprint density at radius 3 is 2.59 bits per heavy atom. The average Bonchev–Trinajstić information content (AvgIpc) is 2.95. The summed E-state index contributed by atoms with van der Waals surface area (Å²) in [5.41, 5.74) is 0. The maximum Gasteiger partial charge on any atom is 0.251 e. The summed E-state index contributed by atoms with van der Waals surface area (Å²) in [6.45, 7) is 4.13. The molecule has 2 amide bonds. The molecule has 0 radical (unpaired) electrons. The lowest BCUT2D eigenvalue weighted by atomic mass is 10.2. The maximum absolute atomic E-state index is 12.3. The second kappa shape index (κ2) is 9.07. The lowest BCUT2D eigenvalue weighted by molar-refractivity contribution is -0.141. The Kier molecular flexibility index (Phi) is 7.08. The van der Waals surface area contributed by atoms with Crippen LogP contribution in [0.2, 0.25) is 0 Å². The fraction of sp³-hybridized carbons (Fsp3) is 0.867. The molecule has 0 aromatic carbocycles. The summed E-state index contributed by atoms with van der Waals surface area (Å²) in [4.78, 5) is 28.0. The molecule has 2 rings (SSSR count). The molecule has 1 atom stereocenters. The van der Waals surface area contributed by atoms with E-state index >= 15 is 0 Å². The van der Waals surface area contributed by atoms with E-state index in [2.05, 4.69) is 0 Å². The van der Waals surface area contributed by atoms with Crippen LogP contribution in [-0.2, 0) is 23.8 Å². The van der Waals surface area contributed by atoms with E-state index in [1.54, 1.807) is 12.0 Å². The lowest BCUT2D eigenvalue weighted by Gasteiger charge is -2.24. The van der Waals surface area contributed by atoms with E-state index < -0.39 is 0 Å². The summed E-state index contributed by atoms with van der Waals surface area (Å²) >= 11 is 0. The van der Waals surface area contributed by atoms with Crippen molar-refractivity contribution in [1.29, 1.82) is 0 Å². The van der Waals surface area contributed by atoms with Crippen LogP contribution in [0.25, 0.3) is 0 Å². The molecule has 2 heterocycles. The van der Waals surface area contributed by atoms with Crippen LogP contribution >= 0.6 is 0 Å². The molecular weight excluding hydrogens is 288 g/mol. The zero-order valence-corrected chi connectivity index (χ0v) is 13.3. The number of methoxy groups -OCH3 is 1. The van der Waals surface area contributed by atoms with Crippen LogP contribution in [0, 0.1) is 0 Å². The summed E-state index contributed by atoms with van der Waals surface area (Å²) < 4.78 is 15.6. The Bertz CT molecular complexity index is 371. The van der Waals surface area contributed by atoms with E-state index in [0.717, 1.165) is 19.3 Å². The number of hydrogen-bond donors (Lipinski definition) is 0. The number of carbonyl (C=O) groups excluding carboxylic acids is 2. The Morgan fingerprint density at radius 2 is 1.86 bits per heavy atom. The van der Waals surface area contributed by atoms with Gasteiger partial charge < -0.3 is 24.0 Å². The first kappa shape index (κ1) is 17.2. The van der Waals surface area contributed by atoms with Gasteiger partial charge in [-0.2, -0.15) is 0 Å². The van der Waals surface area contributed by atoms with Crippen LogP contribution in [0.4, 0.5) is 0 Å². The summed E-state index contributed by atoms with van der Waals surface area (Å²) in [5, 5.41) is 0. The summed E-state index contributed by atoms with van der Waals surface area (Å²) in [7, 11) is 1.60. The third-order valence-corrected chi connectivity index (χ3v) is 4.02. The Labute approximate surface area is 131 Å². The van der Waals surface area contributed by atoms with E-state index in [0.29, 0.717) is 46.0 Å². The van der Waals surface area contributed by atoms with Crippen molar-refractivity contribution in [2.45, 2.75) is 25.4 Å². The maximum atomic E-state index is 12.3. The SMILES string of the molecule is COCCOCC(=O)N1CCCN(C(=O)C2CCCO2)CC1. The van der Waals surface area contributed by atoms with Gasteiger partial charge in [-0.3, -0.25) is 9.59 Å². The molecule has 2 aliphatic rings. The van der Waals surface area contributed by atoms with Crippen molar-refractivity contribution in [3.8, 4) is 0 Å². The van der Waals surface area contributed by atoms with Gasteiger partial charge in [0, 0.05) is 39.9 Å². The van der Waals surface area contributed by atoms with Gasteiger partial charge in [0.05, 0.1) is 13.2 Å². The zero-order valence-electron chi connectivity index (χ0n) is 13.3. The molecule has 7 nitrogen and oxygen atoms in total. The second-order valence-corrected chi connectivity index (χ2v) is 5.61. The monoisotopic (exact) mass is 314 g/mol. The molecule has 2 saturated heterocycles. The first-order valence-corrected chi connectivity index (χ1v) is 7.97. The smallest absolute Gasteiger partial charge is 0.251 e. The van der Waals surface area contributed by atoms with Crippen LogP contribution in [-0.4, -0.2) is 87.4 Å². The van der Waals surface area contributed by atoms with Gasteiger partial charge in [-0.25, -0.2) is 0 Å². The van der Waals surface area contributed by atoms with Gasteiger partial charge in [-0.05, 0) is 19.3 Å². The van der Waals surface area contributed by atoms with Gasteiger partial charge in [0.1, 0.15) is 12.7 Å². The molecule has 0 aromatic heterocycles. The molecule has 2 aliphatic heterocycles. The van der Waals surface area contributed by atoms with Gasteiger partial charge in [-0.15, -0.1) is 0 Å². The highest BCUT2D eigenvalue weighted by molar-refractivity contribution is 5.81. The summed E-state index contributed by atoms with van der Waals surface area (Å²) in [6, 6.07) is 0. The highest BCUT2D eigenvalue weighted by atomic mass is 16.5. The predicted molar refractivity (Wildman–Crippen MR) is 79.4 cm³/mol. The Balaban J connectivity index is 1.74. The van der Waals surface area contributed by atoms with Crippen molar-refractivity contribution in [3.63, 3.8) is 0 Å². The fourth-order valence-electron chi connectivity index (χ4n) is 2.76. The molecule has 0 N–H and O–H groups in total. The molecular formula is C15H26N2O5. The predicted octanol–water partition coefficient (Wildman–Crippen LogP) is -0.111. The number of hydrogen-bond acceptors (Lipinski definition) is 5. The number of nitrogens with zero attached hydrogens (tertiary/aromatic N) is 2. The average molecular weight is 314 g/mol. The van der Waals surface area contributed by atoms with Gasteiger partial charge >= 0.3 is 0 Å². The molecule has 0 aliphatic carbocycles. The third-order valence-electron chi connectivity index (χ3n) is 4.02. The van der Waals surface area contributed by atoms with Crippen LogP contribution in [0.1, 0.15) is 19.3 Å². The zero-order chi connectivity index (χ0) is 15.8. The topological polar surface area (TPSA) is 68.3 Å². The fourth-order valence-corrected chi connectivity index (χ4v) is 2.76. The molecule has 22 heavy (non-hydrogen) atoms. The van der Waals surface area contributed by atoms with Gasteiger partial charge in [-0.1, -0.05) is 0 Å². The largest absolute Gasteiger partial charge is 0.382 e. The minimum absolute atomic E-state index is 0.0254. The van der Waals surface area contributed by atoms with E-state index in [-0.39, 0.29) is 24.5 Å². The molecule has 126 valence electrons. The Morgan fingerprint density at radius 1 is 1.09 bits per heavy atom. The van der Waals surface area contributed by atoms with Crippen molar-refractivity contribution in [2.75, 3.05) is 59.7 Å². The number of amides is 2. The van der Waals surface area contributed by atoms with Crippen molar-refractivity contribution >= 4 is 11.8 Å². The highest BCUT2D eigenvalue weighted by Gasteiger charge is 2.29. The first-order chi connectivity index (χ1) is 10.7. The molecule has 7 heteroatoms. The molecule has 0 bridgehead atoms. The standard InChI is InChI=1S/C15H26N2O5/c1-20-10-11-21-12-14(18)16-5-3-6-17(8-7-16)15(19)13-4-2-9-22-13/h13H,2-12H2,1H3. The van der Waals surface area contributed by atoms with E-state index in [9.17, 15) is 9.59 Å². The van der Waals surface area contributed by atoms with Gasteiger partial charge in [0.2, 0.25) is 5.91 Å². The second-order valence-electron chi connectivity index (χ2n) is 5.61. The van der Waals surface area contributed by atoms with Gasteiger partial charge in [0.15, 0.2) is 0 Å². The van der Waals surface area contributed by atoms with Crippen molar-refractivity contribution in [2.24, 2.45) is 0 Å². The van der Waals surface area contributed by atoms with Crippen molar-refractivity contribution in [1.82, 2.24) is 9.80 Å². The minimum Gasteiger partial charge on any atom is -0.382 e. The summed E-state index contributed by atoms with van der Waals surface area (Å²) in [5.74, 6) is 0.0469. The minimum atomic E-state index is -0.278. The van der Waals surface area contributed by atoms with Gasteiger partial charge in [0.25, 0.3) is 5.91 Å². The van der Waals surface area contributed by atoms with E-state index in [1.165, 1.54) is 0 Å². The number of rotatable bonds is 6. The van der Waals surface area contributed by atoms with Crippen molar-refractivity contribution in [3.05, 3.63) is 0 Å². The van der Waals surface area contributed by atoms with Crippen LogP contribution < -0.4 is 0 Å². The highest BCUT2D eigenvalue weighted by Crippen LogP contribution is 2.16. The molecule has 0 saturated carbocycles. The quantitative estimate of drug-likeness (QED) is 0.640. The molecule has 0 aromatic rings. The summed E-state index contributed by atoms with van der Waals surface area (Å²) in [6.07, 6.45) is 2.28. The van der Waals surface area contributed by atoms with Crippen LogP contribution in [0.5, 0.6) is 0 Å². The van der Waals surface area contributed by atoms with E-state index in [1.807, 2.05) is 4.90 Å². The van der Waals surface area contributed by atoms with E-state index in [4.69, 9.17) is 14.2 Å². The lowest BCUT2D eigenvalue weighted by Crippen LogP contribution is -2.42. The molecule has 1 unspecified atom stereocenters. The third kappa shape index (κ3) is 4.93. The Hall–Kier alpha value is -1.18. The van der Waals surface area contributed by atoms with Crippen LogP contribution in [0.15, 0.2) is 0 Å². The van der Waals surface area contributed by atoms with Crippen molar-refractivity contribution < 1.29 is 23.8 Å².